The van der Waals surface area contributed by atoms with E-state index < -0.39 is 11.4 Å². The Balaban J connectivity index is 2.16. The molecule has 0 aliphatic heterocycles. The second-order valence-electron chi connectivity index (χ2n) is 4.25. The number of hydrogen-bond acceptors (Lipinski definition) is 3. The van der Waals surface area contributed by atoms with Crippen molar-refractivity contribution in [1.29, 1.82) is 0 Å². The van der Waals surface area contributed by atoms with Crippen LogP contribution in [0.2, 0.25) is 0 Å². The van der Waals surface area contributed by atoms with Gasteiger partial charge in [0, 0.05) is 19.7 Å². The molecule has 0 unspecified atom stereocenters. The van der Waals surface area contributed by atoms with Gasteiger partial charge in [0.1, 0.15) is 0 Å². The fourth-order valence-electron chi connectivity index (χ4n) is 1.76. The molecule has 1 aliphatic carbocycles. The highest BCUT2D eigenvalue weighted by Crippen LogP contribution is 2.40. The Hall–Kier alpha value is -1.30. The monoisotopic (exact) mass is 244 g/mol. The third-order valence-electron chi connectivity index (χ3n) is 3.09. The second kappa shape index (κ2) is 6.44. The Labute approximate surface area is 101 Å². The predicted molar refractivity (Wildman–Crippen MR) is 61.8 cm³/mol. The van der Waals surface area contributed by atoms with Gasteiger partial charge in [0.2, 0.25) is 0 Å². The van der Waals surface area contributed by atoms with E-state index in [1.807, 2.05) is 6.92 Å². The van der Waals surface area contributed by atoms with Crippen LogP contribution in [-0.4, -0.2) is 43.4 Å². The van der Waals surface area contributed by atoms with E-state index in [1.54, 1.807) is 0 Å². The van der Waals surface area contributed by atoms with E-state index in [0.717, 1.165) is 6.42 Å². The van der Waals surface area contributed by atoms with Crippen molar-refractivity contribution in [3.8, 4) is 0 Å². The molecule has 98 valence electrons. The van der Waals surface area contributed by atoms with Gasteiger partial charge in [-0.05, 0) is 19.8 Å². The Kier molecular flexibility index (Phi) is 5.21. The topological polar surface area (TPSA) is 87.7 Å². The number of amides is 2. The van der Waals surface area contributed by atoms with Gasteiger partial charge in [0.15, 0.2) is 0 Å². The van der Waals surface area contributed by atoms with Gasteiger partial charge in [-0.3, -0.25) is 4.79 Å². The molecule has 1 rings (SSSR count). The standard InChI is InChI=1S/C11H20N2O4/c1-2-17-7-6-12-10(16)13-8-11(9(14)15)4-3-5-11/h2-8H2,1H3,(H,14,15)(H2,12,13,16). The minimum absolute atomic E-state index is 0.197. The number of carbonyl (C=O) groups is 2. The Bertz CT molecular complexity index is 277. The molecule has 1 aliphatic rings. The van der Waals surface area contributed by atoms with Gasteiger partial charge in [0.25, 0.3) is 0 Å². The normalized spacial score (nSPS) is 17.0. The minimum Gasteiger partial charge on any atom is -0.481 e. The molecule has 17 heavy (non-hydrogen) atoms. The molecule has 0 spiro atoms. The van der Waals surface area contributed by atoms with Crippen LogP contribution in [0.5, 0.6) is 0 Å². The Morgan fingerprint density at radius 1 is 1.35 bits per heavy atom. The van der Waals surface area contributed by atoms with Crippen molar-refractivity contribution in [2.24, 2.45) is 5.41 Å². The van der Waals surface area contributed by atoms with Crippen molar-refractivity contribution in [2.75, 3.05) is 26.3 Å². The predicted octanol–water partition coefficient (Wildman–Crippen LogP) is 0.577. The van der Waals surface area contributed by atoms with Crippen molar-refractivity contribution in [2.45, 2.75) is 26.2 Å². The van der Waals surface area contributed by atoms with Gasteiger partial charge in [-0.1, -0.05) is 6.42 Å². The van der Waals surface area contributed by atoms with Gasteiger partial charge >= 0.3 is 12.0 Å². The van der Waals surface area contributed by atoms with E-state index in [1.165, 1.54) is 0 Å². The van der Waals surface area contributed by atoms with Crippen molar-refractivity contribution in [3.63, 3.8) is 0 Å². The first-order valence-corrected chi connectivity index (χ1v) is 5.93. The van der Waals surface area contributed by atoms with E-state index in [2.05, 4.69) is 10.6 Å². The van der Waals surface area contributed by atoms with Gasteiger partial charge in [0.05, 0.1) is 12.0 Å². The number of urea groups is 1. The molecule has 1 saturated carbocycles. The summed E-state index contributed by atoms with van der Waals surface area (Å²) in [5, 5.41) is 14.3. The van der Waals surface area contributed by atoms with Crippen LogP contribution in [-0.2, 0) is 9.53 Å². The fourth-order valence-corrected chi connectivity index (χ4v) is 1.76. The molecule has 0 saturated heterocycles. The molecule has 2 amide bonds. The third kappa shape index (κ3) is 3.89. The third-order valence-corrected chi connectivity index (χ3v) is 3.09. The van der Waals surface area contributed by atoms with Gasteiger partial charge in [-0.25, -0.2) is 4.79 Å². The number of aliphatic carboxylic acids is 1. The summed E-state index contributed by atoms with van der Waals surface area (Å²) in [5.74, 6) is -0.821. The van der Waals surface area contributed by atoms with Crippen LogP contribution in [0.3, 0.4) is 0 Å². The quantitative estimate of drug-likeness (QED) is 0.571. The van der Waals surface area contributed by atoms with Crippen LogP contribution in [0.4, 0.5) is 4.79 Å². The molecular formula is C11H20N2O4. The summed E-state index contributed by atoms with van der Waals surface area (Å²) in [6.45, 7) is 3.59. The molecule has 0 atom stereocenters. The summed E-state index contributed by atoms with van der Waals surface area (Å²) in [7, 11) is 0. The van der Waals surface area contributed by atoms with Crippen molar-refractivity contribution >= 4 is 12.0 Å². The Morgan fingerprint density at radius 3 is 2.53 bits per heavy atom. The largest absolute Gasteiger partial charge is 0.481 e. The lowest BCUT2D eigenvalue weighted by molar-refractivity contribution is -0.153. The molecule has 0 aromatic carbocycles. The number of carbonyl (C=O) groups excluding carboxylic acids is 1. The molecule has 0 radical (unpaired) electrons. The molecule has 6 heteroatoms. The number of carboxylic acids is 1. The van der Waals surface area contributed by atoms with E-state index in [0.29, 0.717) is 32.6 Å². The maximum Gasteiger partial charge on any atom is 0.314 e. The molecular weight excluding hydrogens is 224 g/mol. The maximum absolute atomic E-state index is 11.3. The molecule has 6 nitrogen and oxygen atoms in total. The fraction of sp³-hybridized carbons (Fsp3) is 0.818. The van der Waals surface area contributed by atoms with Crippen LogP contribution < -0.4 is 10.6 Å². The summed E-state index contributed by atoms with van der Waals surface area (Å²) in [6.07, 6.45) is 2.20. The number of hydrogen-bond donors (Lipinski definition) is 3. The average molecular weight is 244 g/mol. The zero-order valence-electron chi connectivity index (χ0n) is 10.1. The van der Waals surface area contributed by atoms with Crippen molar-refractivity contribution in [1.82, 2.24) is 10.6 Å². The SMILES string of the molecule is CCOCCNC(=O)NCC1(C(=O)O)CCC1. The molecule has 0 heterocycles. The summed E-state index contributed by atoms with van der Waals surface area (Å²) in [6, 6.07) is -0.336. The van der Waals surface area contributed by atoms with Crippen molar-refractivity contribution in [3.05, 3.63) is 0 Å². The summed E-state index contributed by atoms with van der Waals surface area (Å²) < 4.78 is 5.06. The molecule has 1 fully saturated rings. The number of rotatable bonds is 7. The number of nitrogens with one attached hydrogen (secondary N) is 2. The molecule has 3 N–H and O–H groups in total. The molecule has 0 bridgehead atoms. The maximum atomic E-state index is 11.3. The Morgan fingerprint density at radius 2 is 2.06 bits per heavy atom. The summed E-state index contributed by atoms with van der Waals surface area (Å²) >= 11 is 0. The van der Waals surface area contributed by atoms with Crippen LogP contribution in [0.15, 0.2) is 0 Å². The highest BCUT2D eigenvalue weighted by molar-refractivity contribution is 5.78. The summed E-state index contributed by atoms with van der Waals surface area (Å²) in [5.41, 5.74) is -0.739. The van der Waals surface area contributed by atoms with Crippen LogP contribution in [0.1, 0.15) is 26.2 Å². The first kappa shape index (κ1) is 13.8. The van der Waals surface area contributed by atoms with E-state index in [-0.39, 0.29) is 12.6 Å². The average Bonchev–Trinajstić information content (AvgIpc) is 2.22. The molecule has 0 aromatic rings. The zero-order valence-corrected chi connectivity index (χ0v) is 10.1. The van der Waals surface area contributed by atoms with Crippen LogP contribution in [0.25, 0.3) is 0 Å². The first-order chi connectivity index (χ1) is 8.10. The van der Waals surface area contributed by atoms with E-state index in [4.69, 9.17) is 9.84 Å². The summed E-state index contributed by atoms with van der Waals surface area (Å²) in [4.78, 5) is 22.4. The zero-order chi connectivity index (χ0) is 12.7. The van der Waals surface area contributed by atoms with Gasteiger partial charge < -0.3 is 20.5 Å². The first-order valence-electron chi connectivity index (χ1n) is 5.93. The van der Waals surface area contributed by atoms with Gasteiger partial charge in [-0.15, -0.1) is 0 Å². The minimum atomic E-state index is -0.821. The number of ether oxygens (including phenoxy) is 1. The van der Waals surface area contributed by atoms with Crippen molar-refractivity contribution < 1.29 is 19.4 Å². The highest BCUT2D eigenvalue weighted by atomic mass is 16.5. The second-order valence-corrected chi connectivity index (χ2v) is 4.25. The number of carboxylic acid groups (broad SMARTS) is 1. The smallest absolute Gasteiger partial charge is 0.314 e. The van der Waals surface area contributed by atoms with Gasteiger partial charge in [-0.2, -0.15) is 0 Å². The highest BCUT2D eigenvalue weighted by Gasteiger charge is 2.44. The van der Waals surface area contributed by atoms with Crippen LogP contribution >= 0.6 is 0 Å². The lowest BCUT2D eigenvalue weighted by atomic mass is 9.69. The van der Waals surface area contributed by atoms with Crippen LogP contribution in [0, 0.1) is 5.41 Å². The lowest BCUT2D eigenvalue weighted by Crippen LogP contribution is -2.50. The molecule has 0 aromatic heterocycles. The lowest BCUT2D eigenvalue weighted by Gasteiger charge is -2.37. The van der Waals surface area contributed by atoms with E-state index in [9.17, 15) is 9.59 Å². The van der Waals surface area contributed by atoms with E-state index >= 15 is 0 Å².